The third-order valence-corrected chi connectivity index (χ3v) is 7.78. The van der Waals surface area contributed by atoms with Crippen molar-refractivity contribution in [2.24, 2.45) is 5.92 Å². The summed E-state index contributed by atoms with van der Waals surface area (Å²) in [6.45, 7) is 7.98. The zero-order chi connectivity index (χ0) is 21.6. The highest BCUT2D eigenvalue weighted by Gasteiger charge is 2.26. The maximum Gasteiger partial charge on any atom is 0.317 e. The lowest BCUT2D eigenvalue weighted by molar-refractivity contribution is 0.0519. The van der Waals surface area contributed by atoms with Crippen LogP contribution in [0.25, 0.3) is 0 Å². The number of rotatable bonds is 5. The molecule has 180 valence electrons. The number of ether oxygens (including phenoxy) is 1. The minimum atomic E-state index is 0. The molecular weight excluding hydrogens is 471 g/mol. The van der Waals surface area contributed by atoms with Crippen LogP contribution in [-0.2, 0) is 4.74 Å². The molecule has 0 aromatic heterocycles. The largest absolute Gasteiger partial charge is 0.378 e. The second-order valence-electron chi connectivity index (χ2n) is 8.96. The number of carbonyl (C=O) groups is 1. The van der Waals surface area contributed by atoms with E-state index in [2.05, 4.69) is 21.2 Å². The van der Waals surface area contributed by atoms with Crippen LogP contribution >= 0.6 is 35.6 Å². The van der Waals surface area contributed by atoms with Gasteiger partial charge in [-0.3, -0.25) is 4.90 Å². The highest BCUT2D eigenvalue weighted by atomic mass is 35.5. The van der Waals surface area contributed by atoms with Crippen LogP contribution in [0.15, 0.2) is 18.2 Å². The summed E-state index contributed by atoms with van der Waals surface area (Å²) >= 11 is 12.6. The monoisotopic (exact) mass is 504 g/mol. The van der Waals surface area contributed by atoms with Crippen LogP contribution < -0.4 is 10.2 Å². The van der Waals surface area contributed by atoms with Crippen molar-refractivity contribution in [2.45, 2.75) is 38.1 Å². The molecule has 4 rings (SSSR count). The number of hydrogen-bond donors (Lipinski definition) is 1. The first kappa shape index (κ1) is 25.7. The Morgan fingerprint density at radius 1 is 1.00 bits per heavy atom. The first-order valence-electron chi connectivity index (χ1n) is 11.6. The Morgan fingerprint density at radius 2 is 1.69 bits per heavy atom. The summed E-state index contributed by atoms with van der Waals surface area (Å²) < 4.78 is 5.33. The standard InChI is InChI=1S/C23H34Cl2N4O2.ClH/c24-20-2-1-3-21(22(20)25)28-12-10-27(11-13-28)9-8-18-4-6-19(7-5-18)26-23(30)29-14-16-31-17-15-29;/h1-3,18-19H,4-17H2,(H,26,30);1H/t18-,19-;. The number of hydrogen-bond acceptors (Lipinski definition) is 4. The predicted molar refractivity (Wildman–Crippen MR) is 134 cm³/mol. The molecule has 0 radical (unpaired) electrons. The molecule has 1 aliphatic carbocycles. The molecule has 0 bridgehead atoms. The van der Waals surface area contributed by atoms with E-state index in [9.17, 15) is 4.79 Å². The lowest BCUT2D eigenvalue weighted by Gasteiger charge is -2.38. The van der Waals surface area contributed by atoms with E-state index < -0.39 is 0 Å². The lowest BCUT2D eigenvalue weighted by Crippen LogP contribution is -2.50. The van der Waals surface area contributed by atoms with E-state index in [1.807, 2.05) is 17.0 Å². The molecule has 2 saturated heterocycles. The van der Waals surface area contributed by atoms with Crippen molar-refractivity contribution in [3.63, 3.8) is 0 Å². The lowest BCUT2D eigenvalue weighted by atomic mass is 9.84. The Labute approximate surface area is 207 Å². The zero-order valence-electron chi connectivity index (χ0n) is 18.6. The topological polar surface area (TPSA) is 48.1 Å². The van der Waals surface area contributed by atoms with Crippen molar-refractivity contribution in [1.82, 2.24) is 15.1 Å². The fraction of sp³-hybridized carbons (Fsp3) is 0.696. The zero-order valence-corrected chi connectivity index (χ0v) is 20.9. The molecule has 1 aromatic rings. The van der Waals surface area contributed by atoms with Gasteiger partial charge in [-0.25, -0.2) is 4.79 Å². The van der Waals surface area contributed by atoms with Crippen LogP contribution in [0.4, 0.5) is 10.5 Å². The van der Waals surface area contributed by atoms with Crippen LogP contribution in [-0.4, -0.2) is 80.9 Å². The normalized spacial score (nSPS) is 24.7. The van der Waals surface area contributed by atoms with Gasteiger partial charge in [0.15, 0.2) is 0 Å². The number of anilines is 1. The average molecular weight is 506 g/mol. The minimum absolute atomic E-state index is 0. The molecule has 2 heterocycles. The molecule has 2 aliphatic heterocycles. The molecule has 1 saturated carbocycles. The van der Waals surface area contributed by atoms with E-state index in [1.54, 1.807) is 0 Å². The van der Waals surface area contributed by atoms with Crippen molar-refractivity contribution < 1.29 is 9.53 Å². The van der Waals surface area contributed by atoms with Crippen molar-refractivity contribution in [3.05, 3.63) is 28.2 Å². The third kappa shape index (κ3) is 6.80. The number of nitrogens with one attached hydrogen (secondary N) is 1. The predicted octanol–water partition coefficient (Wildman–Crippen LogP) is 4.53. The highest BCUT2D eigenvalue weighted by molar-refractivity contribution is 6.43. The van der Waals surface area contributed by atoms with Gasteiger partial charge in [0.2, 0.25) is 0 Å². The third-order valence-electron chi connectivity index (χ3n) is 6.97. The summed E-state index contributed by atoms with van der Waals surface area (Å²) in [6, 6.07) is 6.28. The van der Waals surface area contributed by atoms with E-state index >= 15 is 0 Å². The van der Waals surface area contributed by atoms with E-state index in [4.69, 9.17) is 27.9 Å². The van der Waals surface area contributed by atoms with Gasteiger partial charge in [0.1, 0.15) is 0 Å². The van der Waals surface area contributed by atoms with Gasteiger partial charge < -0.3 is 19.9 Å². The molecule has 2 amide bonds. The van der Waals surface area contributed by atoms with Crippen LogP contribution in [0.3, 0.4) is 0 Å². The quantitative estimate of drug-likeness (QED) is 0.639. The molecule has 3 fully saturated rings. The molecule has 32 heavy (non-hydrogen) atoms. The molecule has 1 aromatic carbocycles. The Balaban J connectivity index is 0.00000289. The Bertz CT molecular complexity index is 732. The maximum absolute atomic E-state index is 12.4. The first-order valence-corrected chi connectivity index (χ1v) is 12.4. The molecule has 0 atom stereocenters. The minimum Gasteiger partial charge on any atom is -0.378 e. The van der Waals surface area contributed by atoms with Crippen LogP contribution in [0.2, 0.25) is 10.0 Å². The number of piperazine rings is 1. The summed E-state index contributed by atoms with van der Waals surface area (Å²) in [5.41, 5.74) is 1.05. The number of benzene rings is 1. The number of amides is 2. The molecular formula is C23H35Cl3N4O2. The SMILES string of the molecule is Cl.O=C(N[C@H]1CC[C@H](CCN2CCN(c3cccc(Cl)c3Cl)CC2)CC1)N1CCOCC1. The van der Waals surface area contributed by atoms with Gasteiger partial charge in [-0.05, 0) is 56.7 Å². The summed E-state index contributed by atoms with van der Waals surface area (Å²) in [5.74, 6) is 0.775. The van der Waals surface area contributed by atoms with Crippen molar-refractivity contribution in [3.8, 4) is 0 Å². The number of halogens is 3. The van der Waals surface area contributed by atoms with Gasteiger partial charge in [-0.2, -0.15) is 0 Å². The molecule has 3 aliphatic rings. The van der Waals surface area contributed by atoms with Gasteiger partial charge >= 0.3 is 6.03 Å². The number of morpholine rings is 1. The second-order valence-corrected chi connectivity index (χ2v) is 9.74. The van der Waals surface area contributed by atoms with E-state index in [0.717, 1.165) is 57.2 Å². The van der Waals surface area contributed by atoms with E-state index in [-0.39, 0.29) is 18.4 Å². The fourth-order valence-corrected chi connectivity index (χ4v) is 5.36. The summed E-state index contributed by atoms with van der Waals surface area (Å²) in [6.07, 6.45) is 5.88. The molecule has 0 spiro atoms. The van der Waals surface area contributed by atoms with E-state index in [1.165, 1.54) is 19.3 Å². The molecule has 1 N–H and O–H groups in total. The highest BCUT2D eigenvalue weighted by Crippen LogP contribution is 2.33. The summed E-state index contributed by atoms with van der Waals surface area (Å²) in [4.78, 5) is 19.2. The first-order chi connectivity index (χ1) is 15.1. The number of urea groups is 1. The molecule has 6 nitrogen and oxygen atoms in total. The van der Waals surface area contributed by atoms with Crippen LogP contribution in [0.1, 0.15) is 32.1 Å². The van der Waals surface area contributed by atoms with Gasteiger partial charge in [-0.15, -0.1) is 12.4 Å². The summed E-state index contributed by atoms with van der Waals surface area (Å²) in [7, 11) is 0. The molecule has 0 unspecified atom stereocenters. The van der Waals surface area contributed by atoms with Crippen LogP contribution in [0.5, 0.6) is 0 Å². The number of carbonyl (C=O) groups excluding carboxylic acids is 1. The van der Waals surface area contributed by atoms with Gasteiger partial charge in [0, 0.05) is 45.3 Å². The smallest absolute Gasteiger partial charge is 0.317 e. The van der Waals surface area contributed by atoms with E-state index in [0.29, 0.717) is 42.4 Å². The van der Waals surface area contributed by atoms with Crippen molar-refractivity contribution in [2.75, 3.05) is 63.9 Å². The Hall–Kier alpha value is -0.920. The maximum atomic E-state index is 12.4. The second kappa shape index (κ2) is 12.5. The molecule has 9 heteroatoms. The van der Waals surface area contributed by atoms with Crippen molar-refractivity contribution in [1.29, 1.82) is 0 Å². The Morgan fingerprint density at radius 3 is 2.38 bits per heavy atom. The van der Waals surface area contributed by atoms with Gasteiger partial charge in [-0.1, -0.05) is 29.3 Å². The fourth-order valence-electron chi connectivity index (χ4n) is 4.94. The van der Waals surface area contributed by atoms with Gasteiger partial charge in [0.05, 0.1) is 28.9 Å². The summed E-state index contributed by atoms with van der Waals surface area (Å²) in [5, 5.41) is 4.52. The Kier molecular flexibility index (Phi) is 10.1. The van der Waals surface area contributed by atoms with Gasteiger partial charge in [0.25, 0.3) is 0 Å². The number of nitrogens with zero attached hydrogens (tertiary/aromatic N) is 3. The average Bonchev–Trinajstić information content (AvgIpc) is 2.81. The van der Waals surface area contributed by atoms with Crippen molar-refractivity contribution >= 4 is 47.3 Å². The van der Waals surface area contributed by atoms with Crippen LogP contribution in [0, 0.1) is 5.92 Å².